The predicted molar refractivity (Wildman–Crippen MR) is 83.5 cm³/mol. The molecule has 1 unspecified atom stereocenters. The molecule has 2 nitrogen and oxygen atoms in total. The van der Waals surface area contributed by atoms with Gasteiger partial charge in [-0.1, -0.05) is 44.2 Å². The van der Waals surface area contributed by atoms with Crippen molar-refractivity contribution in [2.24, 2.45) is 0 Å². The van der Waals surface area contributed by atoms with Gasteiger partial charge in [-0.15, -0.1) is 11.3 Å². The summed E-state index contributed by atoms with van der Waals surface area (Å²) in [6, 6.07) is 12.1. The molecule has 0 radical (unpaired) electrons. The maximum Gasteiger partial charge on any atom is 0.315 e. The van der Waals surface area contributed by atoms with Crippen molar-refractivity contribution in [3.8, 4) is 0 Å². The van der Waals surface area contributed by atoms with Crippen molar-refractivity contribution in [3.05, 3.63) is 57.8 Å². The Kier molecular flexibility index (Phi) is 4.29. The minimum absolute atomic E-state index is 0.493. The fourth-order valence-electron chi connectivity index (χ4n) is 2.29. The molecule has 1 atom stereocenters. The van der Waals surface area contributed by atoms with Gasteiger partial charge in [-0.2, -0.15) is 0 Å². The van der Waals surface area contributed by atoms with Crippen LogP contribution in [0.3, 0.4) is 0 Å². The van der Waals surface area contributed by atoms with Gasteiger partial charge >= 0.3 is 5.97 Å². The van der Waals surface area contributed by atoms with Crippen molar-refractivity contribution in [2.75, 3.05) is 0 Å². The van der Waals surface area contributed by atoms with E-state index in [1.165, 1.54) is 16.9 Å². The molecule has 0 bridgehead atoms. The van der Waals surface area contributed by atoms with Crippen molar-refractivity contribution in [3.63, 3.8) is 0 Å². The number of carboxylic acid groups (broad SMARTS) is 1. The summed E-state index contributed by atoms with van der Waals surface area (Å²) in [5.41, 5.74) is 1.49. The molecule has 2 aromatic rings. The van der Waals surface area contributed by atoms with Crippen LogP contribution in [0.15, 0.2) is 41.8 Å². The first-order chi connectivity index (χ1) is 9.43. The topological polar surface area (TPSA) is 37.3 Å². The molecule has 1 heterocycles. The van der Waals surface area contributed by atoms with Crippen LogP contribution in [0.4, 0.5) is 0 Å². The van der Waals surface area contributed by atoms with Gasteiger partial charge in [0.1, 0.15) is 5.41 Å². The Morgan fingerprint density at radius 3 is 2.35 bits per heavy atom. The van der Waals surface area contributed by atoms with Gasteiger partial charge in [-0.25, -0.2) is 0 Å². The highest BCUT2D eigenvalue weighted by molar-refractivity contribution is 7.10. The maximum absolute atomic E-state index is 11.7. The van der Waals surface area contributed by atoms with Crippen LogP contribution in [-0.4, -0.2) is 11.1 Å². The minimum atomic E-state index is -0.854. The summed E-state index contributed by atoms with van der Waals surface area (Å²) in [6.45, 7) is 6.11. The lowest BCUT2D eigenvalue weighted by molar-refractivity contribution is -0.143. The molecule has 1 aromatic carbocycles. The van der Waals surface area contributed by atoms with Crippen LogP contribution >= 0.6 is 11.3 Å². The summed E-state index contributed by atoms with van der Waals surface area (Å²) in [4.78, 5) is 12.6. The van der Waals surface area contributed by atoms with Crippen molar-refractivity contribution < 1.29 is 9.90 Å². The Morgan fingerprint density at radius 1 is 1.25 bits per heavy atom. The molecule has 3 heteroatoms. The Balaban J connectivity index is 2.27. The fourth-order valence-corrected chi connectivity index (χ4v) is 3.17. The van der Waals surface area contributed by atoms with Gasteiger partial charge in [0.15, 0.2) is 0 Å². The second kappa shape index (κ2) is 5.80. The van der Waals surface area contributed by atoms with Crippen molar-refractivity contribution >= 4 is 17.3 Å². The van der Waals surface area contributed by atoms with E-state index >= 15 is 0 Å². The lowest BCUT2D eigenvalue weighted by Crippen LogP contribution is -2.33. The number of hydrogen-bond acceptors (Lipinski definition) is 2. The third-order valence-electron chi connectivity index (χ3n) is 3.74. The first-order valence-electron chi connectivity index (χ1n) is 6.79. The largest absolute Gasteiger partial charge is 0.481 e. The molecule has 1 aromatic heterocycles. The van der Waals surface area contributed by atoms with Crippen LogP contribution in [0.2, 0.25) is 0 Å². The molecule has 0 saturated heterocycles. The second-order valence-electron chi connectivity index (χ2n) is 5.69. The molecular weight excluding hydrogens is 268 g/mol. The van der Waals surface area contributed by atoms with Gasteiger partial charge in [0.25, 0.3) is 0 Å². The maximum atomic E-state index is 11.7. The lowest BCUT2D eigenvalue weighted by atomic mass is 9.82. The Labute approximate surface area is 124 Å². The molecule has 0 spiro atoms. The highest BCUT2D eigenvalue weighted by Gasteiger charge is 2.36. The van der Waals surface area contributed by atoms with E-state index in [2.05, 4.69) is 26.0 Å². The zero-order valence-electron chi connectivity index (χ0n) is 12.1. The molecule has 0 saturated carbocycles. The molecule has 0 aliphatic heterocycles. The van der Waals surface area contributed by atoms with Crippen molar-refractivity contribution in [1.82, 2.24) is 0 Å². The Morgan fingerprint density at radius 2 is 1.90 bits per heavy atom. The van der Waals surface area contributed by atoms with Gasteiger partial charge < -0.3 is 5.11 Å². The zero-order valence-corrected chi connectivity index (χ0v) is 12.9. The molecule has 0 aliphatic carbocycles. The summed E-state index contributed by atoms with van der Waals surface area (Å²) < 4.78 is 0. The summed E-state index contributed by atoms with van der Waals surface area (Å²) in [5.74, 6) is -0.278. The standard InChI is InChI=1S/C17H20O2S/c1-12(2)14-8-6-13(7-9-14)11-17(3,16(18)19)15-5-4-10-20-15/h4-10,12H,11H2,1-3H3,(H,18,19). The second-order valence-corrected chi connectivity index (χ2v) is 6.64. The predicted octanol–water partition coefficient (Wildman–Crippen LogP) is 4.46. The summed E-state index contributed by atoms with van der Waals surface area (Å²) in [6.07, 6.45) is 0.515. The zero-order chi connectivity index (χ0) is 14.8. The van der Waals surface area contributed by atoms with Crippen LogP contribution in [-0.2, 0) is 16.6 Å². The lowest BCUT2D eigenvalue weighted by Gasteiger charge is -2.23. The first-order valence-corrected chi connectivity index (χ1v) is 7.67. The number of hydrogen-bond donors (Lipinski definition) is 1. The van der Waals surface area contributed by atoms with E-state index in [0.29, 0.717) is 12.3 Å². The smallest absolute Gasteiger partial charge is 0.315 e. The van der Waals surface area contributed by atoms with Crippen molar-refractivity contribution in [1.29, 1.82) is 0 Å². The Hall–Kier alpha value is -1.61. The number of thiophene rings is 1. The van der Waals surface area contributed by atoms with E-state index in [1.54, 1.807) is 6.92 Å². The molecule has 106 valence electrons. The average molecular weight is 288 g/mol. The number of carboxylic acids is 1. The van der Waals surface area contributed by atoms with E-state index in [9.17, 15) is 9.90 Å². The minimum Gasteiger partial charge on any atom is -0.481 e. The van der Waals surface area contributed by atoms with Crippen molar-refractivity contribution in [2.45, 2.75) is 38.5 Å². The number of aliphatic carboxylic acids is 1. The Bertz CT molecular complexity index is 570. The van der Waals surface area contributed by atoms with Crippen LogP contribution in [0.1, 0.15) is 42.7 Å². The SMILES string of the molecule is CC(C)c1ccc(CC(C)(C(=O)O)c2cccs2)cc1. The first kappa shape index (κ1) is 14.8. The average Bonchev–Trinajstić information content (AvgIpc) is 2.93. The van der Waals surface area contributed by atoms with Gasteiger partial charge in [-0.3, -0.25) is 4.79 Å². The summed E-state index contributed by atoms with van der Waals surface area (Å²) in [7, 11) is 0. The van der Waals surface area contributed by atoms with Gasteiger partial charge in [0.05, 0.1) is 0 Å². The normalized spacial score (nSPS) is 14.2. The monoisotopic (exact) mass is 288 g/mol. The van der Waals surface area contributed by atoms with Crippen LogP contribution in [0, 0.1) is 0 Å². The molecule has 0 aliphatic rings. The quantitative estimate of drug-likeness (QED) is 0.882. The van der Waals surface area contributed by atoms with E-state index in [0.717, 1.165) is 10.4 Å². The molecule has 0 amide bonds. The molecule has 2 rings (SSSR count). The summed E-state index contributed by atoms with van der Waals surface area (Å²) in [5, 5.41) is 11.5. The van der Waals surface area contributed by atoms with E-state index in [4.69, 9.17) is 0 Å². The number of benzene rings is 1. The highest BCUT2D eigenvalue weighted by atomic mass is 32.1. The molecule has 1 N–H and O–H groups in total. The van der Waals surface area contributed by atoms with E-state index < -0.39 is 11.4 Å². The van der Waals surface area contributed by atoms with Gasteiger partial charge in [0, 0.05) is 4.88 Å². The van der Waals surface area contributed by atoms with Gasteiger partial charge in [-0.05, 0) is 41.8 Å². The van der Waals surface area contributed by atoms with E-state index in [1.807, 2.05) is 29.6 Å². The highest BCUT2D eigenvalue weighted by Crippen LogP contribution is 2.32. The number of carbonyl (C=O) groups is 1. The number of rotatable bonds is 5. The van der Waals surface area contributed by atoms with Crippen LogP contribution < -0.4 is 0 Å². The molecule has 20 heavy (non-hydrogen) atoms. The fraction of sp³-hybridized carbons (Fsp3) is 0.353. The summed E-state index contributed by atoms with van der Waals surface area (Å²) >= 11 is 1.50. The van der Waals surface area contributed by atoms with E-state index in [-0.39, 0.29) is 0 Å². The van der Waals surface area contributed by atoms with Gasteiger partial charge in [0.2, 0.25) is 0 Å². The van der Waals surface area contributed by atoms with Crippen LogP contribution in [0.25, 0.3) is 0 Å². The third kappa shape index (κ3) is 2.93. The molecule has 0 fully saturated rings. The molecular formula is C17H20O2S. The van der Waals surface area contributed by atoms with Crippen LogP contribution in [0.5, 0.6) is 0 Å². The third-order valence-corrected chi connectivity index (χ3v) is 4.87.